The van der Waals surface area contributed by atoms with Crippen molar-refractivity contribution in [1.82, 2.24) is 0 Å². The summed E-state index contributed by atoms with van der Waals surface area (Å²) in [4.78, 5) is -0.708. The van der Waals surface area contributed by atoms with E-state index < -0.39 is 32.2 Å². The lowest BCUT2D eigenvalue weighted by Gasteiger charge is -2.12. The average Bonchev–Trinajstić information content (AvgIpc) is 2.39. The fraction of sp³-hybridized carbons (Fsp3) is 0.0769. The van der Waals surface area contributed by atoms with E-state index in [0.29, 0.717) is 16.1 Å². The molecule has 0 heterocycles. The summed E-state index contributed by atoms with van der Waals surface area (Å²) < 4.78 is 54.2. The number of hydrogen-bond acceptors (Lipinski definition) is 3. The van der Waals surface area contributed by atoms with Crippen molar-refractivity contribution in [1.29, 1.82) is 0 Å². The van der Waals surface area contributed by atoms with Crippen LogP contribution in [0.4, 0.5) is 20.2 Å². The van der Waals surface area contributed by atoms with Crippen LogP contribution in [0.5, 0.6) is 0 Å². The van der Waals surface area contributed by atoms with Gasteiger partial charge in [0.25, 0.3) is 10.0 Å². The van der Waals surface area contributed by atoms with Crippen LogP contribution in [0.1, 0.15) is 5.56 Å². The first-order valence-electron chi connectivity index (χ1n) is 5.75. The van der Waals surface area contributed by atoms with Crippen molar-refractivity contribution >= 4 is 37.3 Å². The van der Waals surface area contributed by atoms with E-state index in [1.54, 1.807) is 19.1 Å². The van der Waals surface area contributed by atoms with E-state index in [9.17, 15) is 17.2 Å². The molecule has 112 valence electrons. The molecule has 21 heavy (non-hydrogen) atoms. The van der Waals surface area contributed by atoms with Crippen LogP contribution in [0.2, 0.25) is 0 Å². The Kier molecular flexibility index (Phi) is 4.20. The standard InChI is InChI=1S/C13H11BrF2N2O2S/c1-7-8(14)3-2-4-12(7)18-21(19,20)13-6-11(17)9(15)5-10(13)16/h2-6,18H,17H2,1H3. The fourth-order valence-corrected chi connectivity index (χ4v) is 3.25. The molecule has 2 aromatic carbocycles. The molecular weight excluding hydrogens is 366 g/mol. The molecule has 8 heteroatoms. The molecule has 0 radical (unpaired) electrons. The lowest BCUT2D eigenvalue weighted by molar-refractivity contribution is 0.553. The number of benzene rings is 2. The van der Waals surface area contributed by atoms with Crippen molar-refractivity contribution in [2.45, 2.75) is 11.8 Å². The highest BCUT2D eigenvalue weighted by Crippen LogP contribution is 2.27. The maximum absolute atomic E-state index is 13.7. The van der Waals surface area contributed by atoms with Crippen LogP contribution in [0.3, 0.4) is 0 Å². The molecule has 2 rings (SSSR count). The second kappa shape index (κ2) is 5.61. The number of nitrogens with two attached hydrogens (primary N) is 1. The summed E-state index contributed by atoms with van der Waals surface area (Å²) in [5.41, 5.74) is 5.77. The molecule has 0 saturated carbocycles. The Morgan fingerprint density at radius 3 is 2.52 bits per heavy atom. The molecule has 0 unspecified atom stereocenters. The summed E-state index contributed by atoms with van der Waals surface area (Å²) in [6, 6.07) is 6.09. The van der Waals surface area contributed by atoms with Gasteiger partial charge in [0.15, 0.2) is 0 Å². The Bertz CT molecular complexity index is 810. The highest BCUT2D eigenvalue weighted by atomic mass is 79.9. The van der Waals surface area contributed by atoms with Crippen molar-refractivity contribution in [3.63, 3.8) is 0 Å². The van der Waals surface area contributed by atoms with Gasteiger partial charge in [0.2, 0.25) is 0 Å². The largest absolute Gasteiger partial charge is 0.396 e. The predicted octanol–water partition coefficient (Wildman–Crippen LogP) is 3.42. The van der Waals surface area contributed by atoms with Crippen molar-refractivity contribution in [2.24, 2.45) is 0 Å². The molecule has 0 atom stereocenters. The third-order valence-corrected chi connectivity index (χ3v) is 5.09. The predicted molar refractivity (Wildman–Crippen MR) is 80.5 cm³/mol. The van der Waals surface area contributed by atoms with Crippen molar-refractivity contribution in [3.8, 4) is 0 Å². The van der Waals surface area contributed by atoms with E-state index in [0.717, 1.165) is 6.07 Å². The number of sulfonamides is 1. The van der Waals surface area contributed by atoms with Gasteiger partial charge in [-0.2, -0.15) is 0 Å². The molecule has 0 aliphatic heterocycles. The molecule has 0 aliphatic rings. The monoisotopic (exact) mass is 376 g/mol. The molecule has 3 N–H and O–H groups in total. The lowest BCUT2D eigenvalue weighted by atomic mass is 10.2. The summed E-state index contributed by atoms with van der Waals surface area (Å²) in [5, 5.41) is 0. The first kappa shape index (κ1) is 15.7. The van der Waals surface area contributed by atoms with Gasteiger partial charge in [-0.3, -0.25) is 4.72 Å². The molecule has 0 bridgehead atoms. The quantitative estimate of drug-likeness (QED) is 0.806. The first-order valence-corrected chi connectivity index (χ1v) is 8.02. The van der Waals surface area contributed by atoms with Gasteiger partial charge >= 0.3 is 0 Å². The van der Waals surface area contributed by atoms with Gasteiger partial charge < -0.3 is 5.73 Å². The summed E-state index contributed by atoms with van der Waals surface area (Å²) >= 11 is 3.27. The molecule has 0 saturated heterocycles. The zero-order valence-electron chi connectivity index (χ0n) is 10.8. The summed E-state index contributed by atoms with van der Waals surface area (Å²) in [6.45, 7) is 1.69. The number of rotatable bonds is 3. The van der Waals surface area contributed by atoms with Gasteiger partial charge in [-0.1, -0.05) is 22.0 Å². The molecule has 0 aliphatic carbocycles. The zero-order chi connectivity index (χ0) is 15.8. The normalized spacial score (nSPS) is 11.4. The maximum Gasteiger partial charge on any atom is 0.264 e. The topological polar surface area (TPSA) is 72.2 Å². The second-order valence-corrected chi connectivity index (χ2v) is 6.83. The zero-order valence-corrected chi connectivity index (χ0v) is 13.2. The van der Waals surface area contributed by atoms with E-state index in [1.807, 2.05) is 0 Å². The number of hydrogen-bond donors (Lipinski definition) is 2. The third-order valence-electron chi connectivity index (χ3n) is 2.85. The molecule has 0 aromatic heterocycles. The number of anilines is 2. The van der Waals surface area contributed by atoms with Gasteiger partial charge in [-0.25, -0.2) is 17.2 Å². The minimum absolute atomic E-state index is 0.284. The highest BCUT2D eigenvalue weighted by Gasteiger charge is 2.22. The number of nitrogen functional groups attached to an aromatic ring is 1. The summed E-state index contributed by atoms with van der Waals surface area (Å²) in [7, 11) is -4.22. The molecule has 0 fully saturated rings. The van der Waals surface area contributed by atoms with Crippen LogP contribution in [0, 0.1) is 18.6 Å². The van der Waals surface area contributed by atoms with Crippen molar-refractivity contribution < 1.29 is 17.2 Å². The van der Waals surface area contributed by atoms with Gasteiger partial charge in [0.1, 0.15) is 16.5 Å². The van der Waals surface area contributed by atoms with Crippen LogP contribution < -0.4 is 10.5 Å². The third kappa shape index (κ3) is 3.16. The van der Waals surface area contributed by atoms with Crippen molar-refractivity contribution in [2.75, 3.05) is 10.5 Å². The SMILES string of the molecule is Cc1c(Br)cccc1NS(=O)(=O)c1cc(N)c(F)cc1F. The Hall–Kier alpha value is -1.67. The highest BCUT2D eigenvalue weighted by molar-refractivity contribution is 9.10. The van der Waals surface area contributed by atoms with E-state index in [2.05, 4.69) is 20.7 Å². The minimum atomic E-state index is -4.22. The summed E-state index contributed by atoms with van der Waals surface area (Å²) in [5.74, 6) is -2.22. The van der Waals surface area contributed by atoms with E-state index in [4.69, 9.17) is 5.73 Å². The lowest BCUT2D eigenvalue weighted by Crippen LogP contribution is -2.16. The maximum atomic E-state index is 13.7. The Morgan fingerprint density at radius 2 is 1.86 bits per heavy atom. The number of nitrogens with one attached hydrogen (secondary N) is 1. The molecular formula is C13H11BrF2N2O2S. The second-order valence-electron chi connectivity index (χ2n) is 4.32. The van der Waals surface area contributed by atoms with Crippen molar-refractivity contribution in [3.05, 3.63) is 52.0 Å². The fourth-order valence-electron chi connectivity index (χ4n) is 1.67. The van der Waals surface area contributed by atoms with Gasteiger partial charge in [-0.15, -0.1) is 0 Å². The van der Waals surface area contributed by atoms with Crippen LogP contribution in [0.25, 0.3) is 0 Å². The Balaban J connectivity index is 2.48. The molecule has 0 amide bonds. The smallest absolute Gasteiger partial charge is 0.264 e. The summed E-state index contributed by atoms with van der Waals surface area (Å²) in [6.07, 6.45) is 0. The van der Waals surface area contributed by atoms with Crippen LogP contribution in [-0.2, 0) is 10.0 Å². The Labute approximate surface area is 129 Å². The van der Waals surface area contributed by atoms with Gasteiger partial charge in [0, 0.05) is 10.5 Å². The molecule has 0 spiro atoms. The average molecular weight is 377 g/mol. The number of halogens is 3. The van der Waals surface area contributed by atoms with E-state index in [1.165, 1.54) is 6.07 Å². The van der Waals surface area contributed by atoms with Crippen LogP contribution in [-0.4, -0.2) is 8.42 Å². The molecule has 4 nitrogen and oxygen atoms in total. The van der Waals surface area contributed by atoms with Crippen LogP contribution in [0.15, 0.2) is 39.7 Å². The van der Waals surface area contributed by atoms with E-state index >= 15 is 0 Å². The Morgan fingerprint density at radius 1 is 1.19 bits per heavy atom. The van der Waals surface area contributed by atoms with Crippen LogP contribution >= 0.6 is 15.9 Å². The molecule has 2 aromatic rings. The van der Waals surface area contributed by atoms with Gasteiger partial charge in [-0.05, 0) is 30.7 Å². The minimum Gasteiger partial charge on any atom is -0.396 e. The van der Waals surface area contributed by atoms with Gasteiger partial charge in [0.05, 0.1) is 11.4 Å². The van der Waals surface area contributed by atoms with E-state index in [-0.39, 0.29) is 5.69 Å². The first-order chi connectivity index (χ1) is 9.72.